The van der Waals surface area contributed by atoms with Gasteiger partial charge in [0.2, 0.25) is 0 Å². The summed E-state index contributed by atoms with van der Waals surface area (Å²) >= 11 is 9.22. The van der Waals surface area contributed by atoms with Gasteiger partial charge in [-0.25, -0.2) is 9.59 Å². The van der Waals surface area contributed by atoms with Crippen LogP contribution in [0.15, 0.2) is 9.27 Å². The number of halogens is 2. The quantitative estimate of drug-likeness (QED) is 0.797. The molecule has 1 aromatic heterocycles. The largest absolute Gasteiger partial charge is 0.465 e. The predicted molar refractivity (Wildman–Crippen MR) is 74.1 cm³/mol. The summed E-state index contributed by atoms with van der Waals surface area (Å²) < 4.78 is 2.10. The number of amides is 1. The lowest BCUT2D eigenvalue weighted by Crippen LogP contribution is -2.42. The third-order valence-electron chi connectivity index (χ3n) is 2.83. The Bertz CT molecular complexity index is 562. The predicted octanol–water partition coefficient (Wildman–Crippen LogP) is 1.14. The number of aromatic nitrogens is 2. The van der Waals surface area contributed by atoms with Gasteiger partial charge >= 0.3 is 11.8 Å². The zero-order valence-corrected chi connectivity index (χ0v) is 12.2. The van der Waals surface area contributed by atoms with Crippen molar-refractivity contribution in [3.8, 4) is 0 Å². The first kappa shape index (κ1) is 14.1. The number of nitrogens with one attached hydrogen (secondary N) is 1. The second-order valence-corrected chi connectivity index (χ2v) is 5.20. The highest BCUT2D eigenvalue weighted by Gasteiger charge is 2.23. The van der Waals surface area contributed by atoms with Crippen LogP contribution in [0.5, 0.6) is 0 Å². The molecule has 2 rings (SSSR count). The van der Waals surface area contributed by atoms with E-state index >= 15 is 0 Å². The molecule has 1 aliphatic rings. The van der Waals surface area contributed by atoms with Crippen molar-refractivity contribution in [3.05, 3.63) is 20.1 Å². The molecular weight excluding hydrogens is 339 g/mol. The fraction of sp³-hybridized carbons (Fsp3) is 0.500. The summed E-state index contributed by atoms with van der Waals surface area (Å²) in [7, 11) is 0. The zero-order valence-electron chi connectivity index (χ0n) is 9.90. The summed E-state index contributed by atoms with van der Waals surface area (Å²) in [6.07, 6.45) is -0.267. The van der Waals surface area contributed by atoms with E-state index in [-0.39, 0.29) is 17.4 Å². The lowest BCUT2D eigenvalue weighted by molar-refractivity contribution is 0.194. The molecule has 0 fully saturated rings. The molecule has 9 heteroatoms. The molecule has 2 N–H and O–H groups in total. The van der Waals surface area contributed by atoms with Crippen LogP contribution in [0.4, 0.5) is 10.6 Å². The first-order chi connectivity index (χ1) is 9.00. The van der Waals surface area contributed by atoms with Gasteiger partial charge in [-0.15, -0.1) is 0 Å². The molecule has 0 atom stereocenters. The molecule has 0 spiro atoms. The van der Waals surface area contributed by atoms with Gasteiger partial charge in [0.25, 0.3) is 0 Å². The van der Waals surface area contributed by atoms with E-state index < -0.39 is 6.09 Å². The van der Waals surface area contributed by atoms with Gasteiger partial charge < -0.3 is 15.3 Å². The molecule has 1 aromatic rings. The molecule has 104 valence electrons. The van der Waals surface area contributed by atoms with Crippen LogP contribution in [0.2, 0.25) is 5.15 Å². The van der Waals surface area contributed by atoms with Gasteiger partial charge in [-0.2, -0.15) is 4.98 Å². The molecule has 0 unspecified atom stereocenters. The molecule has 0 bridgehead atoms. The Labute approximate surface area is 122 Å². The number of anilines is 1. The molecule has 0 aliphatic carbocycles. The fourth-order valence-corrected chi connectivity index (χ4v) is 2.76. The number of nitrogens with zero attached hydrogens (tertiary/aromatic N) is 3. The Morgan fingerprint density at radius 2 is 2.26 bits per heavy atom. The van der Waals surface area contributed by atoms with Gasteiger partial charge in [0.15, 0.2) is 5.15 Å². The summed E-state index contributed by atoms with van der Waals surface area (Å²) in [6, 6.07) is 0. The van der Waals surface area contributed by atoms with E-state index in [2.05, 4.69) is 26.2 Å². The third-order valence-corrected chi connectivity index (χ3v) is 4.06. The molecular formula is C10H12BrClN4O3. The summed E-state index contributed by atoms with van der Waals surface area (Å²) in [5.41, 5.74) is -0.390. The van der Waals surface area contributed by atoms with Crippen LogP contribution >= 0.6 is 27.5 Å². The monoisotopic (exact) mass is 350 g/mol. The number of hydrogen-bond donors (Lipinski definition) is 2. The minimum Gasteiger partial charge on any atom is -0.465 e. The van der Waals surface area contributed by atoms with E-state index in [1.165, 1.54) is 0 Å². The van der Waals surface area contributed by atoms with Crippen LogP contribution in [-0.4, -0.2) is 40.4 Å². The lowest BCUT2D eigenvalue weighted by Gasteiger charge is -2.32. The number of rotatable bonds is 3. The molecule has 1 amide bonds. The van der Waals surface area contributed by atoms with Crippen molar-refractivity contribution in [1.82, 2.24) is 14.9 Å². The highest BCUT2D eigenvalue weighted by Crippen LogP contribution is 2.32. The van der Waals surface area contributed by atoms with Crippen molar-refractivity contribution >= 4 is 39.4 Å². The smallest absolute Gasteiger partial charge is 0.404 e. The van der Waals surface area contributed by atoms with Gasteiger partial charge in [-0.3, -0.25) is 4.57 Å². The average Bonchev–Trinajstić information content (AvgIpc) is 2.35. The first-order valence-electron chi connectivity index (χ1n) is 5.68. The van der Waals surface area contributed by atoms with E-state index in [0.29, 0.717) is 23.4 Å². The van der Waals surface area contributed by atoms with Crippen LogP contribution in [0.25, 0.3) is 0 Å². The molecule has 0 saturated heterocycles. The summed E-state index contributed by atoms with van der Waals surface area (Å²) in [6.45, 7) is 2.06. The van der Waals surface area contributed by atoms with E-state index in [4.69, 9.17) is 16.7 Å². The van der Waals surface area contributed by atoms with Gasteiger partial charge in [-0.1, -0.05) is 11.6 Å². The van der Waals surface area contributed by atoms with Crippen molar-refractivity contribution in [3.63, 3.8) is 0 Å². The van der Waals surface area contributed by atoms with Gasteiger partial charge in [0.05, 0.1) is 4.47 Å². The van der Waals surface area contributed by atoms with Crippen LogP contribution in [0.1, 0.15) is 6.42 Å². The molecule has 7 nitrogen and oxygen atoms in total. The van der Waals surface area contributed by atoms with Gasteiger partial charge in [0, 0.05) is 26.2 Å². The molecule has 2 heterocycles. The highest BCUT2D eigenvalue weighted by molar-refractivity contribution is 9.10. The van der Waals surface area contributed by atoms with E-state index in [0.717, 1.165) is 13.0 Å². The standard InChI is InChI=1S/C10H12BrClN4O3/c11-6-7(12)14-9(17)16-4-1-3-15(8(6)16)5-2-13-10(18)19/h13H,1-5H2,(H,18,19). The molecule has 0 aromatic carbocycles. The Hall–Kier alpha value is -1.28. The van der Waals surface area contributed by atoms with Gasteiger partial charge in [0.1, 0.15) is 5.82 Å². The molecule has 1 aliphatic heterocycles. The lowest BCUT2D eigenvalue weighted by atomic mass is 10.3. The molecule has 0 saturated carbocycles. The van der Waals surface area contributed by atoms with Crippen LogP contribution in [0.3, 0.4) is 0 Å². The minimum absolute atomic E-state index is 0.120. The van der Waals surface area contributed by atoms with E-state index in [9.17, 15) is 9.59 Å². The van der Waals surface area contributed by atoms with Gasteiger partial charge in [-0.05, 0) is 22.4 Å². The first-order valence-corrected chi connectivity index (χ1v) is 6.85. The van der Waals surface area contributed by atoms with Crippen LogP contribution < -0.4 is 15.9 Å². The Morgan fingerprint density at radius 1 is 1.53 bits per heavy atom. The highest BCUT2D eigenvalue weighted by atomic mass is 79.9. The summed E-state index contributed by atoms with van der Waals surface area (Å²) in [4.78, 5) is 27.8. The molecule has 0 radical (unpaired) electrons. The Morgan fingerprint density at radius 3 is 2.95 bits per heavy atom. The van der Waals surface area contributed by atoms with Crippen molar-refractivity contribution in [2.75, 3.05) is 24.5 Å². The number of fused-ring (bicyclic) bond motifs is 1. The van der Waals surface area contributed by atoms with Crippen molar-refractivity contribution < 1.29 is 9.90 Å². The number of hydrogen-bond acceptors (Lipinski definition) is 4. The topological polar surface area (TPSA) is 87.5 Å². The zero-order chi connectivity index (χ0) is 14.0. The van der Waals surface area contributed by atoms with Crippen LogP contribution in [0, 0.1) is 0 Å². The van der Waals surface area contributed by atoms with E-state index in [1.54, 1.807) is 4.57 Å². The maximum absolute atomic E-state index is 11.8. The minimum atomic E-state index is -1.07. The Balaban J connectivity index is 2.28. The van der Waals surface area contributed by atoms with Crippen LogP contribution in [-0.2, 0) is 6.54 Å². The maximum atomic E-state index is 11.8. The average molecular weight is 352 g/mol. The number of carboxylic acid groups (broad SMARTS) is 1. The normalized spacial score (nSPS) is 14.1. The van der Waals surface area contributed by atoms with E-state index in [1.807, 2.05) is 4.90 Å². The Kier molecular flexibility index (Phi) is 4.31. The third kappa shape index (κ3) is 3.01. The second-order valence-electron chi connectivity index (χ2n) is 4.05. The maximum Gasteiger partial charge on any atom is 0.404 e. The number of carbonyl (C=O) groups is 1. The summed E-state index contributed by atoms with van der Waals surface area (Å²) in [5, 5.41) is 11.0. The second kappa shape index (κ2) is 5.79. The fourth-order valence-electron chi connectivity index (χ4n) is 2.05. The SMILES string of the molecule is O=C(O)NCCN1CCCn2c1c(Br)c(Cl)nc2=O. The van der Waals surface area contributed by atoms with Crippen molar-refractivity contribution in [2.24, 2.45) is 0 Å². The summed E-state index contributed by atoms with van der Waals surface area (Å²) in [5.74, 6) is 0.656. The van der Waals surface area contributed by atoms with Crippen molar-refractivity contribution in [1.29, 1.82) is 0 Å². The molecule has 19 heavy (non-hydrogen) atoms. The van der Waals surface area contributed by atoms with Crippen molar-refractivity contribution in [2.45, 2.75) is 13.0 Å².